The number of carbonyl (C=O) groups excluding carboxylic acids is 1. The van der Waals surface area contributed by atoms with Crippen molar-refractivity contribution in [2.24, 2.45) is 11.3 Å². The highest BCUT2D eigenvalue weighted by Gasteiger charge is 2.21. The van der Waals surface area contributed by atoms with Gasteiger partial charge in [0.15, 0.2) is 0 Å². The molecule has 1 unspecified atom stereocenters. The predicted molar refractivity (Wildman–Crippen MR) is 71.1 cm³/mol. The van der Waals surface area contributed by atoms with Gasteiger partial charge in [-0.2, -0.15) is 4.89 Å². The molecule has 0 amide bonds. The maximum atomic E-state index is 11.3. The first-order valence-corrected chi connectivity index (χ1v) is 6.58. The molecule has 0 aromatic carbocycles. The summed E-state index contributed by atoms with van der Waals surface area (Å²) in [6.07, 6.45) is 0.972. The minimum Gasteiger partial charge on any atom is -0.432 e. The van der Waals surface area contributed by atoms with Gasteiger partial charge in [0.25, 0.3) is 0 Å². The van der Waals surface area contributed by atoms with E-state index in [1.54, 1.807) is 0 Å². The van der Waals surface area contributed by atoms with Crippen molar-refractivity contribution < 1.29 is 19.3 Å². The first-order chi connectivity index (χ1) is 8.06. The molecule has 0 saturated carbocycles. The van der Waals surface area contributed by atoms with Crippen molar-refractivity contribution in [3.63, 3.8) is 0 Å². The highest BCUT2D eigenvalue weighted by atomic mass is 17.2. The Morgan fingerprint density at radius 2 is 1.72 bits per heavy atom. The van der Waals surface area contributed by atoms with E-state index in [0.29, 0.717) is 12.5 Å². The van der Waals surface area contributed by atoms with Crippen LogP contribution in [0.5, 0.6) is 0 Å². The second-order valence-corrected chi connectivity index (χ2v) is 6.71. The van der Waals surface area contributed by atoms with E-state index >= 15 is 0 Å². The summed E-state index contributed by atoms with van der Waals surface area (Å²) >= 11 is 0. The van der Waals surface area contributed by atoms with E-state index in [1.807, 2.05) is 20.8 Å². The summed E-state index contributed by atoms with van der Waals surface area (Å²) in [5, 5.41) is 0. The summed E-state index contributed by atoms with van der Waals surface area (Å²) in [7, 11) is 0. The zero-order valence-electron chi connectivity index (χ0n) is 12.8. The van der Waals surface area contributed by atoms with Gasteiger partial charge in [-0.3, -0.25) is 4.89 Å². The zero-order valence-corrected chi connectivity index (χ0v) is 12.8. The summed E-state index contributed by atoms with van der Waals surface area (Å²) in [6, 6.07) is 0. The standard InChI is InChI=1S/C14H28O4/c1-8-14(6,7)18-17-12(15)16-10-11(2)9-13(3,4)5/h11H,8-10H2,1-7H3. The first kappa shape index (κ1) is 17.2. The minimum atomic E-state index is -0.766. The maximum Gasteiger partial charge on any atom is 0.540 e. The molecule has 0 rings (SSSR count). The second kappa shape index (κ2) is 6.98. The highest BCUT2D eigenvalue weighted by Crippen LogP contribution is 2.24. The second-order valence-electron chi connectivity index (χ2n) is 6.71. The van der Waals surface area contributed by atoms with Crippen molar-refractivity contribution in [1.82, 2.24) is 0 Å². The topological polar surface area (TPSA) is 44.8 Å². The van der Waals surface area contributed by atoms with E-state index < -0.39 is 11.8 Å². The van der Waals surface area contributed by atoms with Gasteiger partial charge in [-0.05, 0) is 38.0 Å². The van der Waals surface area contributed by atoms with Crippen LogP contribution in [0.1, 0.15) is 61.3 Å². The predicted octanol–water partition coefficient (Wildman–Crippen LogP) is 4.33. The molecule has 0 aromatic heterocycles. The molecule has 0 bridgehead atoms. The van der Waals surface area contributed by atoms with Gasteiger partial charge in [-0.15, -0.1) is 0 Å². The first-order valence-electron chi connectivity index (χ1n) is 6.58. The minimum absolute atomic E-state index is 0.230. The van der Waals surface area contributed by atoms with Crippen LogP contribution in [0.4, 0.5) is 4.79 Å². The molecular formula is C14H28O4. The third kappa shape index (κ3) is 9.28. The van der Waals surface area contributed by atoms with Crippen LogP contribution in [0, 0.1) is 11.3 Å². The van der Waals surface area contributed by atoms with Crippen LogP contribution in [0.15, 0.2) is 0 Å². The van der Waals surface area contributed by atoms with Crippen molar-refractivity contribution in [2.45, 2.75) is 66.9 Å². The van der Waals surface area contributed by atoms with E-state index in [4.69, 9.17) is 9.62 Å². The molecule has 0 aliphatic carbocycles. The normalized spacial score (nSPS) is 14.2. The van der Waals surface area contributed by atoms with Gasteiger partial charge in [0.2, 0.25) is 0 Å². The van der Waals surface area contributed by atoms with E-state index in [1.165, 1.54) is 0 Å². The van der Waals surface area contributed by atoms with Crippen LogP contribution in [0.2, 0.25) is 0 Å². The van der Waals surface area contributed by atoms with Gasteiger partial charge < -0.3 is 4.74 Å². The molecule has 18 heavy (non-hydrogen) atoms. The summed E-state index contributed by atoms with van der Waals surface area (Å²) in [5.41, 5.74) is -0.247. The third-order valence-corrected chi connectivity index (χ3v) is 2.63. The Morgan fingerprint density at radius 3 is 2.17 bits per heavy atom. The molecule has 0 aliphatic heterocycles. The Morgan fingerprint density at radius 1 is 1.17 bits per heavy atom. The van der Waals surface area contributed by atoms with Crippen LogP contribution in [-0.4, -0.2) is 18.4 Å². The SMILES string of the molecule is CCC(C)(C)OOC(=O)OCC(C)CC(C)(C)C. The Bertz CT molecular complexity index is 253. The van der Waals surface area contributed by atoms with Crippen molar-refractivity contribution in [1.29, 1.82) is 0 Å². The van der Waals surface area contributed by atoms with Crippen LogP contribution in [0.3, 0.4) is 0 Å². The quantitative estimate of drug-likeness (QED) is 0.405. The molecule has 4 nitrogen and oxygen atoms in total. The Balaban J connectivity index is 3.84. The zero-order chi connectivity index (χ0) is 14.4. The fraction of sp³-hybridized carbons (Fsp3) is 0.929. The van der Waals surface area contributed by atoms with Gasteiger partial charge in [-0.25, -0.2) is 4.79 Å². The smallest absolute Gasteiger partial charge is 0.432 e. The Hall–Kier alpha value is -0.770. The lowest BCUT2D eigenvalue weighted by Crippen LogP contribution is -2.26. The molecule has 0 heterocycles. The number of ether oxygens (including phenoxy) is 1. The van der Waals surface area contributed by atoms with Crippen molar-refractivity contribution in [3.05, 3.63) is 0 Å². The van der Waals surface area contributed by atoms with Gasteiger partial charge in [-0.1, -0.05) is 34.6 Å². The molecule has 0 fully saturated rings. The number of carbonyl (C=O) groups is 1. The van der Waals surface area contributed by atoms with Crippen molar-refractivity contribution in [2.75, 3.05) is 6.61 Å². The molecule has 0 aromatic rings. The summed E-state index contributed by atoms with van der Waals surface area (Å²) < 4.78 is 5.00. The fourth-order valence-electron chi connectivity index (χ4n) is 1.54. The van der Waals surface area contributed by atoms with E-state index in [-0.39, 0.29) is 5.41 Å². The van der Waals surface area contributed by atoms with Crippen LogP contribution in [0.25, 0.3) is 0 Å². The lowest BCUT2D eigenvalue weighted by atomic mass is 9.86. The summed E-state index contributed by atoms with van der Waals surface area (Å²) in [6.45, 7) is 14.5. The Kier molecular flexibility index (Phi) is 6.68. The maximum absolute atomic E-state index is 11.3. The van der Waals surface area contributed by atoms with Crippen LogP contribution in [-0.2, 0) is 14.5 Å². The Labute approximate surface area is 111 Å². The fourth-order valence-corrected chi connectivity index (χ4v) is 1.54. The lowest BCUT2D eigenvalue weighted by Gasteiger charge is -2.23. The molecule has 0 spiro atoms. The van der Waals surface area contributed by atoms with Gasteiger partial charge in [0.1, 0.15) is 5.60 Å². The molecule has 108 valence electrons. The van der Waals surface area contributed by atoms with E-state index in [2.05, 4.69) is 32.6 Å². The monoisotopic (exact) mass is 260 g/mol. The highest BCUT2D eigenvalue weighted by molar-refractivity contribution is 5.58. The average Bonchev–Trinajstić information content (AvgIpc) is 2.21. The summed E-state index contributed by atoms with van der Waals surface area (Å²) in [5.74, 6) is 0.303. The van der Waals surface area contributed by atoms with Gasteiger partial charge >= 0.3 is 6.16 Å². The van der Waals surface area contributed by atoms with Gasteiger partial charge in [0.05, 0.1) is 6.61 Å². The molecule has 1 atom stereocenters. The van der Waals surface area contributed by atoms with Crippen LogP contribution >= 0.6 is 0 Å². The number of hydrogen-bond acceptors (Lipinski definition) is 4. The average molecular weight is 260 g/mol. The van der Waals surface area contributed by atoms with E-state index in [9.17, 15) is 4.79 Å². The molecule has 0 radical (unpaired) electrons. The van der Waals surface area contributed by atoms with Crippen molar-refractivity contribution in [3.8, 4) is 0 Å². The number of hydrogen-bond donors (Lipinski definition) is 0. The van der Waals surface area contributed by atoms with Gasteiger partial charge in [0, 0.05) is 0 Å². The molecule has 0 saturated heterocycles. The van der Waals surface area contributed by atoms with Crippen molar-refractivity contribution >= 4 is 6.16 Å². The molecule has 0 aliphatic rings. The van der Waals surface area contributed by atoms with E-state index in [0.717, 1.165) is 12.8 Å². The summed E-state index contributed by atoms with van der Waals surface area (Å²) in [4.78, 5) is 20.9. The molecule has 0 N–H and O–H groups in total. The third-order valence-electron chi connectivity index (χ3n) is 2.63. The largest absolute Gasteiger partial charge is 0.540 e. The number of rotatable bonds is 6. The molecule has 4 heteroatoms. The van der Waals surface area contributed by atoms with Crippen LogP contribution < -0.4 is 0 Å². The molecular weight excluding hydrogens is 232 g/mol. The lowest BCUT2D eigenvalue weighted by molar-refractivity contribution is -0.318.